The minimum absolute atomic E-state index is 0.202. The Labute approximate surface area is 127 Å². The van der Waals surface area contributed by atoms with Crippen molar-refractivity contribution in [2.75, 3.05) is 51.1 Å². The molecule has 3 heterocycles. The topological polar surface area (TPSA) is 32.3 Å². The van der Waals surface area contributed by atoms with Crippen LogP contribution < -0.4 is 5.32 Å². The quantitative estimate of drug-likeness (QED) is 0.863. The predicted octanol–water partition coefficient (Wildman–Crippen LogP) is 1.79. The van der Waals surface area contributed by atoms with Gasteiger partial charge in [-0.2, -0.15) is 13.2 Å². The van der Waals surface area contributed by atoms with E-state index < -0.39 is 11.7 Å². The van der Waals surface area contributed by atoms with Gasteiger partial charge in [-0.05, 0) is 18.2 Å². The molecule has 3 aliphatic heterocycles. The van der Waals surface area contributed by atoms with Gasteiger partial charge in [-0.15, -0.1) is 0 Å². The number of quaternary nitrogens is 1. The summed E-state index contributed by atoms with van der Waals surface area (Å²) in [5, 5.41) is 2.61. The van der Waals surface area contributed by atoms with Crippen LogP contribution in [0.2, 0.25) is 0 Å². The number of nitrogens with zero attached hydrogens (tertiary/aromatic N) is 2. The van der Waals surface area contributed by atoms with Crippen LogP contribution in [0.1, 0.15) is 5.56 Å². The Hall–Kier alpha value is -1.60. The number of carbonyl (C=O) groups excluding carboxylic acids is 1. The standard InChI is InChI=1S/C15H18F3N3O/c16-15(17,18)12-2-1-3-13(10-12)19-14(22)11-21-7-4-20(5-8-21)6-9-21/h1-3,10H,4-9,11H2/p+1. The summed E-state index contributed by atoms with van der Waals surface area (Å²) < 4.78 is 38.8. The molecule has 4 nitrogen and oxygen atoms in total. The van der Waals surface area contributed by atoms with Crippen molar-refractivity contribution in [1.29, 1.82) is 0 Å². The number of hydrogen-bond donors (Lipinski definition) is 1. The molecule has 1 amide bonds. The molecule has 0 saturated carbocycles. The van der Waals surface area contributed by atoms with E-state index in [1.165, 1.54) is 12.1 Å². The summed E-state index contributed by atoms with van der Waals surface area (Å²) in [6, 6.07) is 4.78. The van der Waals surface area contributed by atoms with Crippen LogP contribution in [0.15, 0.2) is 24.3 Å². The zero-order chi connectivity index (χ0) is 15.8. The van der Waals surface area contributed by atoms with Crippen molar-refractivity contribution in [2.45, 2.75) is 6.18 Å². The lowest BCUT2D eigenvalue weighted by Gasteiger charge is -2.50. The molecule has 7 heteroatoms. The maximum atomic E-state index is 12.7. The number of rotatable bonds is 3. The van der Waals surface area contributed by atoms with Gasteiger partial charge in [0, 0.05) is 25.3 Å². The second kappa shape index (κ2) is 5.55. The van der Waals surface area contributed by atoms with Crippen molar-refractivity contribution in [3.8, 4) is 0 Å². The van der Waals surface area contributed by atoms with Gasteiger partial charge in [0.25, 0.3) is 5.91 Å². The summed E-state index contributed by atoms with van der Waals surface area (Å²) in [5.41, 5.74) is -0.544. The van der Waals surface area contributed by atoms with Gasteiger partial charge in [-0.3, -0.25) is 9.69 Å². The number of halogens is 3. The van der Waals surface area contributed by atoms with Crippen LogP contribution in [0.5, 0.6) is 0 Å². The third kappa shape index (κ3) is 3.25. The van der Waals surface area contributed by atoms with Gasteiger partial charge in [-0.25, -0.2) is 0 Å². The highest BCUT2D eigenvalue weighted by Gasteiger charge is 2.39. The molecule has 0 radical (unpaired) electrons. The van der Waals surface area contributed by atoms with Crippen LogP contribution in [0, 0.1) is 0 Å². The van der Waals surface area contributed by atoms with Gasteiger partial charge in [-0.1, -0.05) is 6.07 Å². The SMILES string of the molecule is O=C(C[N+]12CCN(CC1)CC2)Nc1cccc(C(F)(F)F)c1. The van der Waals surface area contributed by atoms with Crippen molar-refractivity contribution in [1.82, 2.24) is 4.90 Å². The lowest BCUT2D eigenvalue weighted by Crippen LogP contribution is -2.68. The molecule has 1 aromatic carbocycles. The minimum atomic E-state index is -4.40. The lowest BCUT2D eigenvalue weighted by molar-refractivity contribution is -0.933. The van der Waals surface area contributed by atoms with E-state index in [0.717, 1.165) is 55.9 Å². The van der Waals surface area contributed by atoms with E-state index in [4.69, 9.17) is 0 Å². The fourth-order valence-electron chi connectivity index (χ4n) is 3.25. The van der Waals surface area contributed by atoms with Gasteiger partial charge < -0.3 is 9.80 Å². The van der Waals surface area contributed by atoms with Crippen LogP contribution in [-0.4, -0.2) is 61.1 Å². The van der Waals surface area contributed by atoms with Crippen molar-refractivity contribution in [2.24, 2.45) is 0 Å². The lowest BCUT2D eigenvalue weighted by atomic mass is 10.1. The number of anilines is 1. The van der Waals surface area contributed by atoms with E-state index >= 15 is 0 Å². The number of nitrogens with one attached hydrogen (secondary N) is 1. The highest BCUT2D eigenvalue weighted by molar-refractivity contribution is 5.91. The van der Waals surface area contributed by atoms with E-state index in [-0.39, 0.29) is 11.6 Å². The van der Waals surface area contributed by atoms with E-state index in [9.17, 15) is 18.0 Å². The van der Waals surface area contributed by atoms with E-state index in [1.807, 2.05) is 0 Å². The van der Waals surface area contributed by atoms with Gasteiger partial charge in [0.15, 0.2) is 6.54 Å². The number of amides is 1. The smallest absolute Gasteiger partial charge is 0.321 e. The molecule has 1 N–H and O–H groups in total. The van der Waals surface area contributed by atoms with Crippen molar-refractivity contribution in [3.05, 3.63) is 29.8 Å². The fraction of sp³-hybridized carbons (Fsp3) is 0.533. The molecule has 120 valence electrons. The molecule has 3 aliphatic rings. The summed E-state index contributed by atoms with van der Waals surface area (Å²) in [6.07, 6.45) is -4.40. The van der Waals surface area contributed by atoms with Gasteiger partial charge in [0.05, 0.1) is 25.2 Å². The van der Waals surface area contributed by atoms with Crippen LogP contribution in [0.4, 0.5) is 18.9 Å². The monoisotopic (exact) mass is 314 g/mol. The Morgan fingerprint density at radius 2 is 1.82 bits per heavy atom. The van der Waals surface area contributed by atoms with E-state index in [1.54, 1.807) is 0 Å². The number of fused-ring (bicyclic) bond motifs is 3. The summed E-state index contributed by atoms with van der Waals surface area (Å²) in [5.74, 6) is -0.213. The number of benzene rings is 1. The largest absolute Gasteiger partial charge is 0.416 e. The summed E-state index contributed by atoms with van der Waals surface area (Å²) in [6.45, 7) is 6.15. The Morgan fingerprint density at radius 1 is 1.18 bits per heavy atom. The normalized spacial score (nSPS) is 27.7. The molecular weight excluding hydrogens is 295 g/mol. The van der Waals surface area contributed by atoms with Crippen LogP contribution in [0.3, 0.4) is 0 Å². The molecule has 2 bridgehead atoms. The van der Waals surface area contributed by atoms with Crippen molar-refractivity contribution >= 4 is 11.6 Å². The summed E-state index contributed by atoms with van der Waals surface area (Å²) in [7, 11) is 0. The first-order valence-electron chi connectivity index (χ1n) is 7.41. The molecule has 22 heavy (non-hydrogen) atoms. The van der Waals surface area contributed by atoms with Crippen LogP contribution in [0.25, 0.3) is 0 Å². The van der Waals surface area contributed by atoms with E-state index in [0.29, 0.717) is 6.54 Å². The van der Waals surface area contributed by atoms with E-state index in [2.05, 4.69) is 10.2 Å². The molecule has 0 atom stereocenters. The van der Waals surface area contributed by atoms with Gasteiger partial charge in [0.1, 0.15) is 0 Å². The predicted molar refractivity (Wildman–Crippen MR) is 76.2 cm³/mol. The average molecular weight is 314 g/mol. The third-order valence-corrected chi connectivity index (χ3v) is 4.62. The van der Waals surface area contributed by atoms with Crippen LogP contribution in [-0.2, 0) is 11.0 Å². The molecule has 0 unspecified atom stereocenters. The molecule has 0 aromatic heterocycles. The maximum absolute atomic E-state index is 12.7. The molecule has 3 saturated heterocycles. The zero-order valence-corrected chi connectivity index (χ0v) is 12.2. The summed E-state index contributed by atoms with van der Waals surface area (Å²) >= 11 is 0. The van der Waals surface area contributed by atoms with Crippen LogP contribution >= 0.6 is 0 Å². The molecule has 0 spiro atoms. The van der Waals surface area contributed by atoms with Gasteiger partial charge in [0.2, 0.25) is 0 Å². The first-order chi connectivity index (χ1) is 10.4. The Balaban J connectivity index is 1.64. The Kier molecular flexibility index (Phi) is 3.86. The first-order valence-corrected chi connectivity index (χ1v) is 7.41. The number of carbonyl (C=O) groups is 1. The second-order valence-corrected chi connectivity index (χ2v) is 6.14. The zero-order valence-electron chi connectivity index (χ0n) is 12.2. The number of piperazine rings is 3. The second-order valence-electron chi connectivity index (χ2n) is 6.14. The highest BCUT2D eigenvalue weighted by Crippen LogP contribution is 2.30. The molecule has 0 aliphatic carbocycles. The minimum Gasteiger partial charge on any atom is -0.321 e. The van der Waals surface area contributed by atoms with Gasteiger partial charge >= 0.3 is 6.18 Å². The highest BCUT2D eigenvalue weighted by atomic mass is 19.4. The molecular formula is C15H19F3N3O+. The molecule has 4 rings (SSSR count). The first kappa shape index (κ1) is 15.3. The third-order valence-electron chi connectivity index (χ3n) is 4.62. The fourth-order valence-corrected chi connectivity index (χ4v) is 3.25. The van der Waals surface area contributed by atoms with Crippen molar-refractivity contribution in [3.63, 3.8) is 0 Å². The molecule has 3 fully saturated rings. The average Bonchev–Trinajstić information content (AvgIpc) is 2.48. The van der Waals surface area contributed by atoms with Crippen molar-refractivity contribution < 1.29 is 22.4 Å². The maximum Gasteiger partial charge on any atom is 0.416 e. The number of alkyl halides is 3. The molecule has 1 aromatic rings. The summed E-state index contributed by atoms with van der Waals surface area (Å²) in [4.78, 5) is 14.6. The Morgan fingerprint density at radius 3 is 2.41 bits per heavy atom. The number of hydrogen-bond acceptors (Lipinski definition) is 2. The Bertz CT molecular complexity index is 552.